The Morgan fingerprint density at radius 3 is 2.43 bits per heavy atom. The Hall–Kier alpha value is -3.42. The number of amides is 1. The number of carbonyl (C=O) groups excluding carboxylic acids is 1. The van der Waals surface area contributed by atoms with E-state index in [2.05, 4.69) is 39.4 Å². The average Bonchev–Trinajstić information content (AvgIpc) is 3.53. The zero-order valence-corrected chi connectivity index (χ0v) is 29.1. The largest absolute Gasteiger partial charge is 0.339 e. The van der Waals surface area contributed by atoms with Crippen molar-refractivity contribution in [2.24, 2.45) is 0 Å². The number of hydrogen-bond acceptors (Lipinski definition) is 6. The molecule has 3 aromatic carbocycles. The molecule has 7 rings (SSSR count). The number of aryl methyl sites for hydroxylation is 1. The van der Waals surface area contributed by atoms with E-state index in [1.807, 2.05) is 12.1 Å². The van der Waals surface area contributed by atoms with E-state index in [1.165, 1.54) is 11.6 Å². The van der Waals surface area contributed by atoms with Crippen molar-refractivity contribution in [1.29, 1.82) is 0 Å². The maximum atomic E-state index is 14.6. The van der Waals surface area contributed by atoms with Crippen LogP contribution in [-0.4, -0.2) is 72.5 Å². The summed E-state index contributed by atoms with van der Waals surface area (Å²) in [5, 5.41) is -0.182. The van der Waals surface area contributed by atoms with Gasteiger partial charge in [0.15, 0.2) is 0 Å². The molecule has 3 saturated heterocycles. The maximum absolute atomic E-state index is 14.6. The number of likely N-dealkylation sites (tertiary alicyclic amines) is 1. The highest BCUT2D eigenvalue weighted by Crippen LogP contribution is 2.45. The molecule has 3 fully saturated rings. The Balaban J connectivity index is 1.09. The number of carbonyl (C=O) groups is 1. The van der Waals surface area contributed by atoms with Gasteiger partial charge in [-0.15, -0.1) is 0 Å². The van der Waals surface area contributed by atoms with Crippen LogP contribution in [-0.2, 0) is 20.3 Å². The number of nitrogens with zero attached hydrogens (tertiary/aromatic N) is 4. The molecule has 1 N–H and O–H groups in total. The van der Waals surface area contributed by atoms with Crippen LogP contribution in [0, 0.1) is 18.6 Å². The fourth-order valence-electron chi connectivity index (χ4n) is 8.65. The lowest BCUT2D eigenvalue weighted by Crippen LogP contribution is -2.49. The van der Waals surface area contributed by atoms with E-state index in [1.54, 1.807) is 21.9 Å². The van der Waals surface area contributed by atoms with Crippen molar-refractivity contribution in [3.8, 4) is 0 Å². The van der Waals surface area contributed by atoms with Crippen molar-refractivity contribution in [2.45, 2.75) is 80.3 Å². The molecule has 0 saturated carbocycles. The summed E-state index contributed by atoms with van der Waals surface area (Å²) in [7, 11) is -3.28. The van der Waals surface area contributed by atoms with Crippen molar-refractivity contribution >= 4 is 38.6 Å². The third-order valence-corrected chi connectivity index (χ3v) is 12.6. The van der Waals surface area contributed by atoms with Gasteiger partial charge in [0.05, 0.1) is 28.7 Å². The van der Waals surface area contributed by atoms with Crippen molar-refractivity contribution < 1.29 is 26.8 Å². The molecular weight excluding hydrogens is 672 g/mol. The maximum Gasteiger partial charge on any atom is 0.265 e. The molecule has 9 nitrogen and oxygen atoms in total. The van der Waals surface area contributed by atoms with Crippen molar-refractivity contribution in [3.05, 3.63) is 94.3 Å². The molecule has 3 aliphatic rings. The van der Waals surface area contributed by atoms with Gasteiger partial charge in [-0.05, 0) is 106 Å². The standard InChI is InChI=1S/C36H40ClF2N5O4S/c1-23-40-32-8-3-4-9-33(32)44(23)28-19-26-10-11-27(20-28)43(26)17-14-36(24-6-5-7-25(38)18-24)12-15-42(16-13-36)35(45)29-21-34(31(39)22-30(29)37)49(46,47)41-48-2/h3-9,18,21-22,26-28,41H,10-17,19-20H2,1-2H3/t26-,27+,28+. The summed E-state index contributed by atoms with van der Waals surface area (Å²) in [6.45, 7) is 3.66. The first-order chi connectivity index (χ1) is 23.5. The summed E-state index contributed by atoms with van der Waals surface area (Å²) >= 11 is 6.27. The summed E-state index contributed by atoms with van der Waals surface area (Å²) in [6.07, 6.45) is 6.40. The summed E-state index contributed by atoms with van der Waals surface area (Å²) < 4.78 is 56.7. The lowest BCUT2D eigenvalue weighted by Gasteiger charge is -2.45. The first kappa shape index (κ1) is 34.0. The Kier molecular flexibility index (Phi) is 9.29. The van der Waals surface area contributed by atoms with Gasteiger partial charge in [0.1, 0.15) is 22.4 Å². The van der Waals surface area contributed by atoms with E-state index in [-0.39, 0.29) is 21.8 Å². The lowest BCUT2D eigenvalue weighted by atomic mass is 9.70. The molecule has 260 valence electrons. The third-order valence-electron chi connectivity index (χ3n) is 11.0. The van der Waals surface area contributed by atoms with Gasteiger partial charge in [-0.3, -0.25) is 14.5 Å². The minimum Gasteiger partial charge on any atom is -0.339 e. The predicted molar refractivity (Wildman–Crippen MR) is 183 cm³/mol. The number of para-hydroxylation sites is 2. The van der Waals surface area contributed by atoms with Gasteiger partial charge in [0.25, 0.3) is 15.9 Å². The van der Waals surface area contributed by atoms with Crippen LogP contribution < -0.4 is 4.89 Å². The summed E-state index contributed by atoms with van der Waals surface area (Å²) in [5.74, 6) is -0.831. The quantitative estimate of drug-likeness (QED) is 0.198. The number of imidazole rings is 1. The number of piperidine rings is 2. The van der Waals surface area contributed by atoms with Crippen LogP contribution in [0.5, 0.6) is 0 Å². The van der Waals surface area contributed by atoms with Gasteiger partial charge in [-0.25, -0.2) is 22.2 Å². The number of benzene rings is 3. The number of rotatable bonds is 9. The minimum absolute atomic E-state index is 0.113. The smallest absolute Gasteiger partial charge is 0.265 e. The molecule has 4 aromatic rings. The molecule has 0 unspecified atom stereocenters. The zero-order valence-electron chi connectivity index (χ0n) is 27.5. The molecule has 1 aromatic heterocycles. The Morgan fingerprint density at radius 1 is 1.02 bits per heavy atom. The number of halogens is 3. The number of fused-ring (bicyclic) bond motifs is 3. The first-order valence-electron chi connectivity index (χ1n) is 16.8. The summed E-state index contributed by atoms with van der Waals surface area (Å²) in [4.78, 5) is 28.3. The second-order valence-corrected chi connectivity index (χ2v) is 15.7. The highest BCUT2D eigenvalue weighted by Gasteiger charge is 2.44. The van der Waals surface area contributed by atoms with E-state index in [0.717, 1.165) is 74.8 Å². The molecule has 49 heavy (non-hydrogen) atoms. The highest BCUT2D eigenvalue weighted by molar-refractivity contribution is 7.89. The second kappa shape index (κ2) is 13.4. The molecule has 0 aliphatic carbocycles. The van der Waals surface area contributed by atoms with E-state index in [4.69, 9.17) is 16.6 Å². The normalized spacial score (nSPS) is 22.6. The lowest BCUT2D eigenvalue weighted by molar-refractivity contribution is 0.0606. The number of aromatic nitrogens is 2. The molecule has 0 radical (unpaired) electrons. The van der Waals surface area contributed by atoms with Crippen molar-refractivity contribution in [2.75, 3.05) is 26.7 Å². The van der Waals surface area contributed by atoms with Crippen LogP contribution in [0.2, 0.25) is 5.02 Å². The summed E-state index contributed by atoms with van der Waals surface area (Å²) in [6, 6.07) is 18.2. The van der Waals surface area contributed by atoms with Gasteiger partial charge in [0.2, 0.25) is 0 Å². The second-order valence-electron chi connectivity index (χ2n) is 13.7. The minimum atomic E-state index is -4.37. The topological polar surface area (TPSA) is 96.8 Å². The molecule has 0 spiro atoms. The van der Waals surface area contributed by atoms with Gasteiger partial charge in [-0.1, -0.05) is 40.8 Å². The Labute approximate surface area is 290 Å². The van der Waals surface area contributed by atoms with Crippen LogP contribution in [0.15, 0.2) is 65.6 Å². The van der Waals surface area contributed by atoms with Crippen LogP contribution in [0.4, 0.5) is 8.78 Å². The summed E-state index contributed by atoms with van der Waals surface area (Å²) in [5.41, 5.74) is 2.66. The zero-order chi connectivity index (χ0) is 34.5. The average molecular weight is 712 g/mol. The molecule has 3 atom stereocenters. The third kappa shape index (κ3) is 6.38. The number of nitrogens with one attached hydrogen (secondary N) is 1. The first-order valence-corrected chi connectivity index (χ1v) is 18.6. The molecule has 3 aliphatic heterocycles. The van der Waals surface area contributed by atoms with E-state index in [0.29, 0.717) is 44.1 Å². The molecule has 13 heteroatoms. The Bertz CT molecular complexity index is 1980. The SMILES string of the molecule is CONS(=O)(=O)c1cc(C(=O)N2CCC(CCN3[C@@H]4CC[C@H]3C[C@@H](n3c(C)nc5ccccc53)C4)(c3cccc(F)c3)CC2)c(Cl)cc1F. The predicted octanol–water partition coefficient (Wildman–Crippen LogP) is 6.55. The van der Waals surface area contributed by atoms with E-state index in [9.17, 15) is 22.0 Å². The molecule has 2 bridgehead atoms. The molecular formula is C36H40ClF2N5O4S. The molecule has 1 amide bonds. The Morgan fingerprint density at radius 2 is 1.73 bits per heavy atom. The van der Waals surface area contributed by atoms with Crippen LogP contribution >= 0.6 is 11.6 Å². The number of hydrogen-bond donors (Lipinski definition) is 1. The molecule has 4 heterocycles. The van der Waals surface area contributed by atoms with Crippen LogP contribution in [0.25, 0.3) is 11.0 Å². The van der Waals surface area contributed by atoms with Gasteiger partial charge < -0.3 is 9.47 Å². The van der Waals surface area contributed by atoms with E-state index >= 15 is 0 Å². The fourth-order valence-corrected chi connectivity index (χ4v) is 9.78. The van der Waals surface area contributed by atoms with Crippen LogP contribution in [0.3, 0.4) is 0 Å². The van der Waals surface area contributed by atoms with Gasteiger partial charge >= 0.3 is 0 Å². The van der Waals surface area contributed by atoms with Gasteiger partial charge in [0, 0.05) is 31.2 Å². The highest BCUT2D eigenvalue weighted by atomic mass is 35.5. The monoisotopic (exact) mass is 711 g/mol. The van der Waals surface area contributed by atoms with Gasteiger partial charge in [-0.2, -0.15) is 0 Å². The fraction of sp³-hybridized carbons (Fsp3) is 0.444. The van der Waals surface area contributed by atoms with Crippen LogP contribution in [0.1, 0.15) is 72.7 Å². The van der Waals surface area contributed by atoms with Crippen molar-refractivity contribution in [3.63, 3.8) is 0 Å². The van der Waals surface area contributed by atoms with Crippen molar-refractivity contribution in [1.82, 2.24) is 24.2 Å². The van der Waals surface area contributed by atoms with E-state index < -0.39 is 26.6 Å². The number of sulfonamides is 1.